The number of hydrogen-bond donors (Lipinski definition) is 0. The Balaban J connectivity index is 2.46. The predicted octanol–water partition coefficient (Wildman–Crippen LogP) is 6.19. The maximum absolute atomic E-state index is 12.5. The van der Waals surface area contributed by atoms with E-state index in [2.05, 4.69) is 19.7 Å². The van der Waals surface area contributed by atoms with Crippen molar-refractivity contribution in [2.75, 3.05) is 59.5 Å². The summed E-state index contributed by atoms with van der Waals surface area (Å²) >= 11 is 0. The van der Waals surface area contributed by atoms with Crippen molar-refractivity contribution < 1.29 is 66.6 Å². The molecule has 0 aliphatic heterocycles. The number of rotatable bonds is 32. The highest BCUT2D eigenvalue weighted by molar-refractivity contribution is 5.87. The lowest BCUT2D eigenvalue weighted by atomic mass is 10.1. The summed E-state index contributed by atoms with van der Waals surface area (Å²) in [7, 11) is 0. The SMILES string of the molecule is C=C(C)C(=O)OCCCCCCC(=O)OC(COCCOc1cccc(OCCOCC(COC(=O)C(=C)C)OC(=O)CCCCC)c1)COC(=O)C(=C)C. The first-order chi connectivity index (χ1) is 26.3. The lowest BCUT2D eigenvalue weighted by Gasteiger charge is -2.18. The Labute approximate surface area is 325 Å². The second-order valence-corrected chi connectivity index (χ2v) is 12.8. The van der Waals surface area contributed by atoms with Gasteiger partial charge in [0.05, 0.1) is 33.0 Å². The molecule has 1 aromatic rings. The Bertz CT molecular complexity index is 1370. The van der Waals surface area contributed by atoms with Gasteiger partial charge in [-0.1, -0.05) is 58.4 Å². The first-order valence-corrected chi connectivity index (χ1v) is 18.7. The Morgan fingerprint density at radius 3 is 1.44 bits per heavy atom. The molecule has 2 atom stereocenters. The largest absolute Gasteiger partial charge is 0.491 e. The smallest absolute Gasteiger partial charge is 0.333 e. The van der Waals surface area contributed by atoms with Crippen LogP contribution in [0, 0.1) is 0 Å². The summed E-state index contributed by atoms with van der Waals surface area (Å²) in [6, 6.07) is 6.98. The van der Waals surface area contributed by atoms with E-state index in [4.69, 9.17) is 42.6 Å². The van der Waals surface area contributed by atoms with Crippen molar-refractivity contribution >= 4 is 29.8 Å². The van der Waals surface area contributed by atoms with Crippen LogP contribution < -0.4 is 9.47 Å². The minimum atomic E-state index is -0.823. The van der Waals surface area contributed by atoms with Gasteiger partial charge in [0.25, 0.3) is 0 Å². The van der Waals surface area contributed by atoms with E-state index in [1.807, 2.05) is 6.92 Å². The molecule has 0 saturated carbocycles. The summed E-state index contributed by atoms with van der Waals surface area (Å²) in [5, 5.41) is 0. The molecule has 14 heteroatoms. The van der Waals surface area contributed by atoms with Gasteiger partial charge in [0.1, 0.15) is 37.9 Å². The molecule has 55 heavy (non-hydrogen) atoms. The van der Waals surface area contributed by atoms with Crippen molar-refractivity contribution in [1.82, 2.24) is 0 Å². The highest BCUT2D eigenvalue weighted by Gasteiger charge is 2.19. The van der Waals surface area contributed by atoms with E-state index in [1.54, 1.807) is 31.2 Å². The summed E-state index contributed by atoms with van der Waals surface area (Å²) < 4.78 is 49.3. The molecule has 0 heterocycles. The van der Waals surface area contributed by atoms with Gasteiger partial charge in [-0.25, -0.2) is 14.4 Å². The first kappa shape index (κ1) is 48.3. The van der Waals surface area contributed by atoms with Crippen molar-refractivity contribution in [1.29, 1.82) is 0 Å². The van der Waals surface area contributed by atoms with Crippen molar-refractivity contribution in [2.24, 2.45) is 0 Å². The van der Waals surface area contributed by atoms with Crippen LogP contribution in [0.4, 0.5) is 0 Å². The van der Waals surface area contributed by atoms with Crippen LogP contribution in [-0.4, -0.2) is 102 Å². The van der Waals surface area contributed by atoms with Crippen LogP contribution in [-0.2, 0) is 57.1 Å². The van der Waals surface area contributed by atoms with Crippen LogP contribution in [0.1, 0.15) is 85.5 Å². The van der Waals surface area contributed by atoms with Crippen molar-refractivity contribution in [3.8, 4) is 11.5 Å². The lowest BCUT2D eigenvalue weighted by molar-refractivity contribution is -0.161. The Hall–Kier alpha value is -4.69. The number of esters is 5. The molecule has 0 aliphatic rings. The number of ether oxygens (including phenoxy) is 9. The van der Waals surface area contributed by atoms with Gasteiger partial charge < -0.3 is 42.6 Å². The van der Waals surface area contributed by atoms with Gasteiger partial charge in [0.2, 0.25) is 0 Å². The van der Waals surface area contributed by atoms with E-state index in [0.717, 1.165) is 25.7 Å². The molecule has 0 amide bonds. The molecular formula is C41H60O14. The fourth-order valence-corrected chi connectivity index (χ4v) is 4.36. The maximum atomic E-state index is 12.5. The maximum Gasteiger partial charge on any atom is 0.333 e. The lowest BCUT2D eigenvalue weighted by Crippen LogP contribution is -2.30. The Morgan fingerprint density at radius 1 is 0.545 bits per heavy atom. The van der Waals surface area contributed by atoms with Crippen LogP contribution in [0.25, 0.3) is 0 Å². The zero-order valence-electron chi connectivity index (χ0n) is 33.0. The van der Waals surface area contributed by atoms with Crippen molar-refractivity contribution in [3.05, 3.63) is 60.7 Å². The monoisotopic (exact) mass is 776 g/mol. The zero-order valence-corrected chi connectivity index (χ0v) is 33.0. The second-order valence-electron chi connectivity index (χ2n) is 12.8. The minimum absolute atomic E-state index is 0.0175. The molecule has 0 radical (unpaired) electrons. The third kappa shape index (κ3) is 25.1. The second kappa shape index (κ2) is 29.6. The molecule has 0 N–H and O–H groups in total. The zero-order chi connectivity index (χ0) is 40.8. The summed E-state index contributed by atoms with van der Waals surface area (Å²) in [6.45, 7) is 18.0. The fourth-order valence-electron chi connectivity index (χ4n) is 4.36. The molecule has 1 rings (SSSR count). The molecule has 308 valence electrons. The van der Waals surface area contributed by atoms with Gasteiger partial charge in [0.15, 0.2) is 12.2 Å². The summed E-state index contributed by atoms with van der Waals surface area (Å²) in [5.41, 5.74) is 0.809. The molecule has 0 aromatic heterocycles. The van der Waals surface area contributed by atoms with E-state index in [9.17, 15) is 24.0 Å². The molecule has 2 unspecified atom stereocenters. The predicted molar refractivity (Wildman–Crippen MR) is 203 cm³/mol. The molecule has 0 spiro atoms. The van der Waals surface area contributed by atoms with E-state index >= 15 is 0 Å². The number of benzene rings is 1. The van der Waals surface area contributed by atoms with Gasteiger partial charge in [0, 0.05) is 35.6 Å². The minimum Gasteiger partial charge on any atom is -0.491 e. The standard InChI is InChI=1S/C41H60O14/c1-8-9-12-18-37(42)54-35(28-52-40(45)31(4)5)26-47-21-23-49-33-16-15-17-34(25-33)50-24-22-48-27-36(29-53-41(46)32(6)7)55-38(43)19-13-10-11-14-20-51-39(44)30(2)3/h15-17,25,35-36H,2,4,6,8-14,18-24,26-29H2,1,3,5,7H3. The molecule has 1 aromatic carbocycles. The van der Waals surface area contributed by atoms with Crippen LogP contribution in [0.15, 0.2) is 60.7 Å². The van der Waals surface area contributed by atoms with Gasteiger partial charge in [-0.3, -0.25) is 9.59 Å². The van der Waals surface area contributed by atoms with Gasteiger partial charge in [-0.05, 0) is 52.2 Å². The Kier molecular flexibility index (Phi) is 26.0. The molecular weight excluding hydrogens is 716 g/mol. The van der Waals surface area contributed by atoms with Crippen LogP contribution in [0.3, 0.4) is 0 Å². The fraction of sp³-hybridized carbons (Fsp3) is 0.585. The highest BCUT2D eigenvalue weighted by atomic mass is 16.6. The number of unbranched alkanes of at least 4 members (excludes halogenated alkanes) is 5. The highest BCUT2D eigenvalue weighted by Crippen LogP contribution is 2.19. The van der Waals surface area contributed by atoms with Gasteiger partial charge in [-0.15, -0.1) is 0 Å². The van der Waals surface area contributed by atoms with Crippen molar-refractivity contribution in [3.63, 3.8) is 0 Å². The van der Waals surface area contributed by atoms with E-state index < -0.39 is 36.1 Å². The summed E-state index contributed by atoms with van der Waals surface area (Å²) in [6.07, 6.45) is 4.25. The third-order valence-corrected chi connectivity index (χ3v) is 7.34. The molecule has 0 bridgehead atoms. The van der Waals surface area contributed by atoms with Crippen molar-refractivity contribution in [2.45, 2.75) is 97.7 Å². The van der Waals surface area contributed by atoms with E-state index in [-0.39, 0.29) is 82.8 Å². The molecule has 14 nitrogen and oxygen atoms in total. The average molecular weight is 777 g/mol. The average Bonchev–Trinajstić information content (AvgIpc) is 3.14. The van der Waals surface area contributed by atoms with E-state index in [0.29, 0.717) is 42.9 Å². The molecule has 0 aliphatic carbocycles. The van der Waals surface area contributed by atoms with Gasteiger partial charge in [-0.2, -0.15) is 0 Å². The third-order valence-electron chi connectivity index (χ3n) is 7.34. The number of carbonyl (C=O) groups is 5. The molecule has 0 fully saturated rings. The normalized spacial score (nSPS) is 11.7. The van der Waals surface area contributed by atoms with Gasteiger partial charge >= 0.3 is 29.8 Å². The summed E-state index contributed by atoms with van der Waals surface area (Å²) in [4.78, 5) is 59.9. The van der Waals surface area contributed by atoms with Crippen LogP contribution >= 0.6 is 0 Å². The summed E-state index contributed by atoms with van der Waals surface area (Å²) in [5.74, 6) is -1.35. The Morgan fingerprint density at radius 2 is 0.982 bits per heavy atom. The number of hydrogen-bond acceptors (Lipinski definition) is 14. The molecule has 0 saturated heterocycles. The topological polar surface area (TPSA) is 168 Å². The van der Waals surface area contributed by atoms with E-state index in [1.165, 1.54) is 13.8 Å². The van der Waals surface area contributed by atoms with Crippen LogP contribution in [0.5, 0.6) is 11.5 Å². The number of carbonyl (C=O) groups excluding carboxylic acids is 5. The first-order valence-electron chi connectivity index (χ1n) is 18.7. The quantitative estimate of drug-likeness (QED) is 0.0351. The van der Waals surface area contributed by atoms with Crippen LogP contribution in [0.2, 0.25) is 0 Å².